The smallest absolute Gasteiger partial charge is 0.433 e. The van der Waals surface area contributed by atoms with Crippen molar-refractivity contribution in [2.75, 3.05) is 5.32 Å². The molecule has 0 aliphatic heterocycles. The Labute approximate surface area is 115 Å². The third-order valence-electron chi connectivity index (χ3n) is 2.11. The number of carbonyl (C=O) groups is 2. The highest BCUT2D eigenvalue weighted by Gasteiger charge is 2.33. The lowest BCUT2D eigenvalue weighted by molar-refractivity contribution is -0.141. The third-order valence-corrected chi connectivity index (χ3v) is 2.42. The first-order valence-electron chi connectivity index (χ1n) is 5.14. The van der Waals surface area contributed by atoms with Crippen molar-refractivity contribution in [1.29, 1.82) is 0 Å². The first kappa shape index (κ1) is 16.0. The van der Waals surface area contributed by atoms with Gasteiger partial charge in [0.25, 0.3) is 0 Å². The molecule has 0 saturated carbocycles. The maximum atomic E-state index is 12.3. The number of alkyl halides is 3. The lowest BCUT2D eigenvalue weighted by Gasteiger charge is -2.12. The maximum absolute atomic E-state index is 12.3. The number of urea groups is 1. The summed E-state index contributed by atoms with van der Waals surface area (Å²) in [7, 11) is 0. The van der Waals surface area contributed by atoms with Gasteiger partial charge < -0.3 is 15.7 Å². The monoisotopic (exact) mass is 311 g/mol. The molecular weight excluding hydrogens is 303 g/mol. The molecular formula is C10H9ClF3N3O3. The Balaban J connectivity index is 2.79. The third kappa shape index (κ3) is 4.26. The Morgan fingerprint density at radius 2 is 2.05 bits per heavy atom. The highest BCUT2D eigenvalue weighted by Crippen LogP contribution is 2.31. The molecule has 0 radical (unpaired) electrons. The number of aromatic nitrogens is 1. The Morgan fingerprint density at radius 3 is 2.50 bits per heavy atom. The van der Waals surface area contributed by atoms with Gasteiger partial charge in [0, 0.05) is 0 Å². The number of rotatable bonds is 3. The fourth-order valence-electron chi connectivity index (χ4n) is 1.09. The van der Waals surface area contributed by atoms with Crippen LogP contribution in [0.25, 0.3) is 0 Å². The second kappa shape index (κ2) is 5.95. The van der Waals surface area contributed by atoms with E-state index in [1.807, 2.05) is 5.32 Å². The maximum Gasteiger partial charge on any atom is 0.433 e. The summed E-state index contributed by atoms with van der Waals surface area (Å²) < 4.78 is 37.0. The second-order valence-electron chi connectivity index (χ2n) is 3.71. The van der Waals surface area contributed by atoms with Crippen LogP contribution in [0.2, 0.25) is 5.02 Å². The van der Waals surface area contributed by atoms with Gasteiger partial charge in [-0.25, -0.2) is 9.78 Å². The van der Waals surface area contributed by atoms with Crippen molar-refractivity contribution in [3.05, 3.63) is 23.0 Å². The standard InChI is InChI=1S/C10H9ClF3N3O3/c1-4(8(18)19)16-9(20)17-6-3-15-7(2-5(6)11)10(12,13)14/h2-4H,1H3,(H,18,19)(H2,16,17,20)/t4-/m0/s1. The summed E-state index contributed by atoms with van der Waals surface area (Å²) in [5.74, 6) is -1.27. The van der Waals surface area contributed by atoms with Crippen LogP contribution in [-0.4, -0.2) is 28.1 Å². The van der Waals surface area contributed by atoms with Gasteiger partial charge in [-0.2, -0.15) is 13.2 Å². The van der Waals surface area contributed by atoms with E-state index in [1.165, 1.54) is 6.92 Å². The number of hydrogen-bond acceptors (Lipinski definition) is 3. The summed E-state index contributed by atoms with van der Waals surface area (Å²) in [6.45, 7) is 1.22. The summed E-state index contributed by atoms with van der Waals surface area (Å²) in [6, 6.07) is -1.54. The molecule has 0 aliphatic rings. The van der Waals surface area contributed by atoms with Crippen LogP contribution in [0, 0.1) is 0 Å². The molecule has 0 bridgehead atoms. The zero-order chi connectivity index (χ0) is 15.5. The van der Waals surface area contributed by atoms with E-state index in [-0.39, 0.29) is 10.7 Å². The van der Waals surface area contributed by atoms with E-state index in [0.29, 0.717) is 6.07 Å². The molecule has 10 heteroatoms. The van der Waals surface area contributed by atoms with E-state index in [4.69, 9.17) is 16.7 Å². The normalized spacial score (nSPS) is 12.7. The molecule has 0 saturated heterocycles. The van der Waals surface area contributed by atoms with Gasteiger partial charge in [-0.15, -0.1) is 0 Å². The van der Waals surface area contributed by atoms with Crippen LogP contribution in [0.4, 0.5) is 23.7 Å². The fourth-order valence-corrected chi connectivity index (χ4v) is 1.29. The minimum atomic E-state index is -4.65. The number of nitrogens with one attached hydrogen (secondary N) is 2. The largest absolute Gasteiger partial charge is 0.480 e. The SMILES string of the molecule is C[C@H](NC(=O)Nc1cnc(C(F)(F)F)cc1Cl)C(=O)O. The average Bonchev–Trinajstić information content (AvgIpc) is 2.30. The molecule has 1 aromatic heterocycles. The molecule has 1 heterocycles. The lowest BCUT2D eigenvalue weighted by Crippen LogP contribution is -2.40. The van der Waals surface area contributed by atoms with Gasteiger partial charge in [0.05, 0.1) is 16.9 Å². The number of aliphatic carboxylic acids is 1. The molecule has 20 heavy (non-hydrogen) atoms. The Bertz CT molecular complexity index is 536. The summed E-state index contributed by atoms with van der Waals surface area (Å²) in [5, 5.41) is 12.3. The number of carboxylic acid groups (broad SMARTS) is 1. The molecule has 0 aromatic carbocycles. The van der Waals surface area contributed by atoms with Crippen LogP contribution in [0.15, 0.2) is 12.3 Å². The Morgan fingerprint density at radius 1 is 1.45 bits per heavy atom. The second-order valence-corrected chi connectivity index (χ2v) is 4.11. The van der Waals surface area contributed by atoms with E-state index in [1.54, 1.807) is 0 Å². The molecule has 0 spiro atoms. The van der Waals surface area contributed by atoms with E-state index >= 15 is 0 Å². The number of carboxylic acids is 1. The van der Waals surface area contributed by atoms with Crippen LogP contribution >= 0.6 is 11.6 Å². The summed E-state index contributed by atoms with van der Waals surface area (Å²) in [6.07, 6.45) is -3.92. The van der Waals surface area contributed by atoms with Crippen molar-refractivity contribution in [3.63, 3.8) is 0 Å². The van der Waals surface area contributed by atoms with Crippen molar-refractivity contribution in [3.8, 4) is 0 Å². The predicted octanol–water partition coefficient (Wildman–Crippen LogP) is 2.35. The topological polar surface area (TPSA) is 91.3 Å². The molecule has 1 atom stereocenters. The van der Waals surface area contributed by atoms with Gasteiger partial charge in [0.15, 0.2) is 0 Å². The van der Waals surface area contributed by atoms with Crippen LogP contribution < -0.4 is 10.6 Å². The van der Waals surface area contributed by atoms with E-state index < -0.39 is 29.9 Å². The first-order chi connectivity index (χ1) is 9.11. The predicted molar refractivity (Wildman–Crippen MR) is 63.5 cm³/mol. The molecule has 6 nitrogen and oxygen atoms in total. The van der Waals surface area contributed by atoms with Crippen LogP contribution in [0.3, 0.4) is 0 Å². The summed E-state index contributed by atoms with van der Waals surface area (Å²) in [5.41, 5.74) is -1.37. The number of carbonyl (C=O) groups excluding carboxylic acids is 1. The van der Waals surface area contributed by atoms with Crippen molar-refractivity contribution in [2.24, 2.45) is 0 Å². The fraction of sp³-hybridized carbons (Fsp3) is 0.300. The molecule has 3 N–H and O–H groups in total. The van der Waals surface area contributed by atoms with Gasteiger partial charge in [-0.1, -0.05) is 11.6 Å². The highest BCUT2D eigenvalue weighted by atomic mass is 35.5. The Kier molecular flexibility index (Phi) is 4.77. The van der Waals surface area contributed by atoms with Crippen molar-refractivity contribution in [1.82, 2.24) is 10.3 Å². The van der Waals surface area contributed by atoms with Crippen LogP contribution in [0.1, 0.15) is 12.6 Å². The number of halogens is 4. The highest BCUT2D eigenvalue weighted by molar-refractivity contribution is 6.33. The van der Waals surface area contributed by atoms with Crippen LogP contribution in [-0.2, 0) is 11.0 Å². The number of hydrogen-bond donors (Lipinski definition) is 3. The van der Waals surface area contributed by atoms with Crippen molar-refractivity contribution >= 4 is 29.3 Å². The number of anilines is 1. The molecule has 1 aromatic rings. The number of nitrogens with zero attached hydrogens (tertiary/aromatic N) is 1. The minimum absolute atomic E-state index is 0.172. The molecule has 0 unspecified atom stereocenters. The molecule has 1 rings (SSSR count). The van der Waals surface area contributed by atoms with Gasteiger partial charge in [0.1, 0.15) is 11.7 Å². The van der Waals surface area contributed by atoms with Crippen LogP contribution in [0.5, 0.6) is 0 Å². The van der Waals surface area contributed by atoms with Crippen molar-refractivity contribution in [2.45, 2.75) is 19.1 Å². The Hall–Kier alpha value is -2.03. The van der Waals surface area contributed by atoms with Gasteiger partial charge in [-0.05, 0) is 13.0 Å². The number of pyridine rings is 1. The first-order valence-corrected chi connectivity index (χ1v) is 5.52. The summed E-state index contributed by atoms with van der Waals surface area (Å²) >= 11 is 5.58. The van der Waals surface area contributed by atoms with Crippen molar-refractivity contribution < 1.29 is 27.9 Å². The quantitative estimate of drug-likeness (QED) is 0.799. The van der Waals surface area contributed by atoms with E-state index in [9.17, 15) is 22.8 Å². The average molecular weight is 312 g/mol. The zero-order valence-corrected chi connectivity index (χ0v) is 10.7. The molecule has 0 aliphatic carbocycles. The summed E-state index contributed by atoms with van der Waals surface area (Å²) in [4.78, 5) is 25.0. The molecule has 110 valence electrons. The lowest BCUT2D eigenvalue weighted by atomic mass is 10.3. The van der Waals surface area contributed by atoms with Gasteiger partial charge in [-0.3, -0.25) is 4.79 Å². The van der Waals surface area contributed by atoms with E-state index in [0.717, 1.165) is 6.20 Å². The molecule has 0 fully saturated rings. The number of amides is 2. The van der Waals surface area contributed by atoms with Gasteiger partial charge >= 0.3 is 18.2 Å². The van der Waals surface area contributed by atoms with E-state index in [2.05, 4.69) is 10.3 Å². The molecule has 2 amide bonds. The van der Waals surface area contributed by atoms with Gasteiger partial charge in [0.2, 0.25) is 0 Å². The minimum Gasteiger partial charge on any atom is -0.480 e. The zero-order valence-electron chi connectivity index (χ0n) is 9.95.